The lowest BCUT2D eigenvalue weighted by Crippen LogP contribution is -2.31. The molecule has 1 aliphatic carbocycles. The third kappa shape index (κ3) is 3.31. The van der Waals surface area contributed by atoms with Crippen molar-refractivity contribution in [3.63, 3.8) is 0 Å². The number of aromatic amines is 1. The Bertz CT molecular complexity index is 1080. The number of carbonyl (C=O) groups is 1. The number of hydrogen-bond acceptors (Lipinski definition) is 4. The minimum Gasteiger partial charge on any atom is -0.493 e. The van der Waals surface area contributed by atoms with Gasteiger partial charge in [-0.05, 0) is 43.0 Å². The molecule has 1 fully saturated rings. The predicted octanol–water partition coefficient (Wildman–Crippen LogP) is 2.76. The molecule has 3 N–H and O–H groups in total. The molecule has 0 saturated heterocycles. The van der Waals surface area contributed by atoms with Crippen LogP contribution in [0.4, 0.5) is 0 Å². The van der Waals surface area contributed by atoms with E-state index in [-0.39, 0.29) is 0 Å². The number of aromatic nitrogens is 3. The minimum absolute atomic E-state index is 0.432. The van der Waals surface area contributed by atoms with Crippen molar-refractivity contribution in [2.24, 2.45) is 11.7 Å². The summed E-state index contributed by atoms with van der Waals surface area (Å²) in [5, 5.41) is 4.78. The van der Waals surface area contributed by atoms with Gasteiger partial charge < -0.3 is 15.5 Å². The number of ether oxygens (including phenoxy) is 1. The van der Waals surface area contributed by atoms with Crippen molar-refractivity contribution in [3.8, 4) is 17.0 Å². The van der Waals surface area contributed by atoms with Gasteiger partial charge in [-0.2, -0.15) is 5.10 Å². The van der Waals surface area contributed by atoms with Crippen molar-refractivity contribution in [1.29, 1.82) is 0 Å². The number of nitrogens with zero attached hydrogens (tertiary/aromatic N) is 3. The van der Waals surface area contributed by atoms with Gasteiger partial charge >= 0.3 is 0 Å². The second kappa shape index (κ2) is 7.08. The summed E-state index contributed by atoms with van der Waals surface area (Å²) in [4.78, 5) is 18.0. The van der Waals surface area contributed by atoms with Gasteiger partial charge in [-0.3, -0.25) is 9.69 Å². The van der Waals surface area contributed by atoms with Gasteiger partial charge in [0.1, 0.15) is 22.7 Å². The molecule has 1 saturated carbocycles. The smallest absolute Gasteiger partial charge is 0.254 e. The van der Waals surface area contributed by atoms with Gasteiger partial charge in [-0.15, -0.1) is 6.58 Å². The highest BCUT2D eigenvalue weighted by atomic mass is 16.5. The zero-order valence-corrected chi connectivity index (χ0v) is 16.4. The predicted molar refractivity (Wildman–Crippen MR) is 111 cm³/mol. The van der Waals surface area contributed by atoms with Crippen LogP contribution < -0.4 is 10.5 Å². The second-order valence-corrected chi connectivity index (χ2v) is 7.95. The lowest BCUT2D eigenvalue weighted by atomic mass is 10.1. The molecule has 2 aliphatic rings. The Hall–Kier alpha value is -3.06. The van der Waals surface area contributed by atoms with Gasteiger partial charge in [0.15, 0.2) is 0 Å². The van der Waals surface area contributed by atoms with Crippen LogP contribution in [-0.2, 0) is 13.0 Å². The highest BCUT2D eigenvalue weighted by Crippen LogP contribution is 2.32. The summed E-state index contributed by atoms with van der Waals surface area (Å²) < 4.78 is 7.66. The highest BCUT2D eigenvalue weighted by Gasteiger charge is 2.27. The minimum atomic E-state index is -0.481. The first-order chi connectivity index (χ1) is 14.1. The number of fused-ring (bicyclic) bond motifs is 3. The molecule has 3 aromatic rings. The molecule has 0 bridgehead atoms. The van der Waals surface area contributed by atoms with Crippen molar-refractivity contribution >= 4 is 11.6 Å². The lowest BCUT2D eigenvalue weighted by Gasteiger charge is -2.24. The van der Waals surface area contributed by atoms with E-state index in [0.29, 0.717) is 22.8 Å². The molecule has 2 aromatic heterocycles. The van der Waals surface area contributed by atoms with Crippen LogP contribution in [0.3, 0.4) is 0 Å². The molecule has 5 rings (SSSR count). The molecule has 1 aliphatic heterocycles. The van der Waals surface area contributed by atoms with E-state index in [2.05, 4.69) is 16.5 Å². The largest absolute Gasteiger partial charge is 0.493 e. The van der Waals surface area contributed by atoms with Crippen molar-refractivity contribution in [1.82, 2.24) is 19.5 Å². The van der Waals surface area contributed by atoms with Gasteiger partial charge in [0, 0.05) is 37.3 Å². The lowest BCUT2D eigenvalue weighted by molar-refractivity contribution is 0.100. The molecular formula is C22H25N5O2. The fourth-order valence-corrected chi connectivity index (χ4v) is 3.98. The number of amides is 1. The number of nitrogens with two attached hydrogens (primary N) is 1. The van der Waals surface area contributed by atoms with E-state index in [1.54, 1.807) is 0 Å². The molecule has 0 radical (unpaired) electrons. The van der Waals surface area contributed by atoms with Crippen LogP contribution >= 0.6 is 0 Å². The van der Waals surface area contributed by atoms with E-state index < -0.39 is 5.91 Å². The monoisotopic (exact) mass is 391 g/mol. The van der Waals surface area contributed by atoms with E-state index in [0.717, 1.165) is 55.4 Å². The first-order valence-corrected chi connectivity index (χ1v) is 10.1. The van der Waals surface area contributed by atoms with Crippen molar-refractivity contribution < 1.29 is 9.53 Å². The summed E-state index contributed by atoms with van der Waals surface area (Å²) in [5.41, 5.74) is 10.5. The quantitative estimate of drug-likeness (QED) is 0.606. The van der Waals surface area contributed by atoms with Crippen LogP contribution in [0.15, 0.2) is 36.9 Å². The number of benzene rings is 1. The molecule has 150 valence electrons. The first kappa shape index (κ1) is 18.0. The summed E-state index contributed by atoms with van der Waals surface area (Å²) in [7, 11) is 0. The van der Waals surface area contributed by atoms with Crippen molar-refractivity contribution in [3.05, 3.63) is 53.9 Å². The second-order valence-electron chi connectivity index (χ2n) is 7.95. The Morgan fingerprint density at radius 1 is 1.34 bits per heavy atom. The molecule has 1 amide bonds. The van der Waals surface area contributed by atoms with Crippen molar-refractivity contribution in [2.75, 3.05) is 19.7 Å². The number of hydrogen-bond donors (Lipinski definition) is 2. The third-order valence-corrected chi connectivity index (χ3v) is 5.75. The van der Waals surface area contributed by atoms with Crippen LogP contribution in [0, 0.1) is 5.92 Å². The van der Waals surface area contributed by atoms with Crippen molar-refractivity contribution in [2.45, 2.75) is 25.8 Å². The molecular weight excluding hydrogens is 366 g/mol. The standard InChI is InChI=1S/C22H25N5O2/c1-2-10-26-11-9-17-18(12-26)27-22(24-17)19(21(23)28)20(25-27)15-5-7-16(8-6-15)29-13-14-3-4-14/h2,5-8,14,24H,1,3-4,9-13H2,(H2,23,28). The number of imidazole rings is 1. The number of H-pyrrole nitrogens is 1. The molecule has 7 nitrogen and oxygen atoms in total. The maximum atomic E-state index is 12.3. The molecule has 1 aromatic carbocycles. The fraction of sp³-hybridized carbons (Fsp3) is 0.364. The Balaban J connectivity index is 1.51. The number of nitrogens with one attached hydrogen (secondary N) is 1. The summed E-state index contributed by atoms with van der Waals surface area (Å²) in [6, 6.07) is 7.73. The number of primary amides is 1. The average Bonchev–Trinajstić information content (AvgIpc) is 3.38. The average molecular weight is 391 g/mol. The molecule has 3 heterocycles. The first-order valence-electron chi connectivity index (χ1n) is 10.1. The maximum absolute atomic E-state index is 12.3. The van der Waals surface area contributed by atoms with Crippen LogP contribution in [0.25, 0.3) is 16.9 Å². The van der Waals surface area contributed by atoms with Crippen LogP contribution in [0.2, 0.25) is 0 Å². The van der Waals surface area contributed by atoms with Crippen LogP contribution in [0.5, 0.6) is 5.75 Å². The van der Waals surface area contributed by atoms with Gasteiger partial charge in [0.2, 0.25) is 0 Å². The number of rotatable bonds is 7. The van der Waals surface area contributed by atoms with Gasteiger partial charge in [-0.25, -0.2) is 4.52 Å². The fourth-order valence-electron chi connectivity index (χ4n) is 3.98. The molecule has 0 atom stereocenters. The molecule has 29 heavy (non-hydrogen) atoms. The van der Waals surface area contributed by atoms with E-state index >= 15 is 0 Å². The SMILES string of the molecule is C=CCN1CCc2[nH]c3c(C(N)=O)c(-c4ccc(OCC5CC5)cc4)nn3c2C1. The Kier molecular flexibility index (Phi) is 4.39. The summed E-state index contributed by atoms with van der Waals surface area (Å²) in [5.74, 6) is 1.06. The van der Waals surface area contributed by atoms with E-state index in [1.165, 1.54) is 12.8 Å². The van der Waals surface area contributed by atoms with E-state index in [1.807, 2.05) is 34.9 Å². The normalized spacial score (nSPS) is 16.7. The van der Waals surface area contributed by atoms with Crippen LogP contribution in [-0.4, -0.2) is 45.1 Å². The Labute approximate surface area is 169 Å². The Morgan fingerprint density at radius 3 is 2.83 bits per heavy atom. The maximum Gasteiger partial charge on any atom is 0.254 e. The summed E-state index contributed by atoms with van der Waals surface area (Å²) >= 11 is 0. The Morgan fingerprint density at radius 2 is 2.14 bits per heavy atom. The zero-order valence-electron chi connectivity index (χ0n) is 16.4. The highest BCUT2D eigenvalue weighted by molar-refractivity contribution is 6.04. The molecule has 7 heteroatoms. The van der Waals surface area contributed by atoms with E-state index in [9.17, 15) is 4.79 Å². The third-order valence-electron chi connectivity index (χ3n) is 5.75. The van der Waals surface area contributed by atoms with Gasteiger partial charge in [0.25, 0.3) is 5.91 Å². The van der Waals surface area contributed by atoms with Gasteiger partial charge in [-0.1, -0.05) is 6.08 Å². The summed E-state index contributed by atoms with van der Waals surface area (Å²) in [6.45, 7) is 7.13. The summed E-state index contributed by atoms with van der Waals surface area (Å²) in [6.07, 6.45) is 5.31. The van der Waals surface area contributed by atoms with Crippen LogP contribution in [0.1, 0.15) is 34.6 Å². The molecule has 0 unspecified atom stereocenters. The molecule has 0 spiro atoms. The van der Waals surface area contributed by atoms with Gasteiger partial charge in [0.05, 0.1) is 12.3 Å². The topological polar surface area (TPSA) is 88.6 Å². The number of carbonyl (C=O) groups excluding carboxylic acids is 1. The van der Waals surface area contributed by atoms with E-state index in [4.69, 9.17) is 15.6 Å². The zero-order chi connectivity index (χ0) is 20.0.